The van der Waals surface area contributed by atoms with Crippen LogP contribution in [0.2, 0.25) is 15.2 Å². The van der Waals surface area contributed by atoms with Crippen molar-refractivity contribution >= 4 is 40.5 Å². The molecule has 94 valence electrons. The number of nitrogens with zero attached hydrogens (tertiary/aromatic N) is 3. The van der Waals surface area contributed by atoms with Crippen molar-refractivity contribution in [3.63, 3.8) is 0 Å². The van der Waals surface area contributed by atoms with Gasteiger partial charge in [0.15, 0.2) is 0 Å². The summed E-state index contributed by atoms with van der Waals surface area (Å²) in [5.74, 6) is 0. The maximum atomic E-state index is 10.8. The van der Waals surface area contributed by atoms with E-state index in [1.54, 1.807) is 12.1 Å². The highest BCUT2D eigenvalue weighted by molar-refractivity contribution is 6.36. The minimum absolute atomic E-state index is 0.0956. The van der Waals surface area contributed by atoms with E-state index in [0.29, 0.717) is 15.7 Å². The molecule has 1 aromatic carbocycles. The molecular formula is C10H6Cl3N3O2. The van der Waals surface area contributed by atoms with Crippen LogP contribution in [0.15, 0.2) is 18.2 Å². The highest BCUT2D eigenvalue weighted by atomic mass is 35.5. The third-order valence-electron chi connectivity index (χ3n) is 2.29. The smallest absolute Gasteiger partial charge is 0.258 e. The van der Waals surface area contributed by atoms with Gasteiger partial charge in [-0.2, -0.15) is 5.10 Å². The van der Waals surface area contributed by atoms with Crippen molar-refractivity contribution in [3.05, 3.63) is 49.2 Å². The van der Waals surface area contributed by atoms with Gasteiger partial charge < -0.3 is 0 Å². The average molecular weight is 307 g/mol. The van der Waals surface area contributed by atoms with Crippen molar-refractivity contribution in [1.82, 2.24) is 9.78 Å². The van der Waals surface area contributed by atoms with Crippen LogP contribution < -0.4 is 0 Å². The molecule has 0 aliphatic carbocycles. The first-order valence-corrected chi connectivity index (χ1v) is 5.90. The fourth-order valence-corrected chi connectivity index (χ4v) is 2.33. The molecule has 2 aromatic rings. The summed E-state index contributed by atoms with van der Waals surface area (Å²) in [7, 11) is 0. The fraction of sp³-hybridized carbons (Fsp3) is 0.100. The van der Waals surface area contributed by atoms with E-state index in [4.69, 9.17) is 34.8 Å². The lowest BCUT2D eigenvalue weighted by Gasteiger charge is -2.05. The minimum atomic E-state index is -0.578. The second-order valence-corrected chi connectivity index (χ2v) is 4.69. The van der Waals surface area contributed by atoms with Gasteiger partial charge in [0, 0.05) is 5.02 Å². The predicted octanol–water partition coefficient (Wildman–Crippen LogP) is 4.05. The van der Waals surface area contributed by atoms with Crippen molar-refractivity contribution in [1.29, 1.82) is 0 Å². The Hall–Kier alpha value is -1.30. The highest BCUT2D eigenvalue weighted by Gasteiger charge is 2.25. The number of hydrogen-bond donors (Lipinski definition) is 0. The van der Waals surface area contributed by atoms with Gasteiger partial charge in [-0.15, -0.1) is 0 Å². The lowest BCUT2D eigenvalue weighted by molar-refractivity contribution is -0.385. The molecule has 0 saturated carbocycles. The van der Waals surface area contributed by atoms with E-state index in [2.05, 4.69) is 5.10 Å². The zero-order valence-corrected chi connectivity index (χ0v) is 11.3. The zero-order chi connectivity index (χ0) is 13.4. The summed E-state index contributed by atoms with van der Waals surface area (Å²) >= 11 is 17.7. The Labute approximate surface area is 117 Å². The normalized spacial score (nSPS) is 10.7. The number of halogens is 3. The molecule has 1 aromatic heterocycles. The summed E-state index contributed by atoms with van der Waals surface area (Å²) in [6, 6.07) is 4.70. The Bertz CT molecular complexity index is 640. The summed E-state index contributed by atoms with van der Waals surface area (Å²) in [4.78, 5) is 10.3. The number of benzene rings is 1. The van der Waals surface area contributed by atoms with Crippen LogP contribution in [0.25, 0.3) is 5.69 Å². The van der Waals surface area contributed by atoms with Crippen molar-refractivity contribution in [2.45, 2.75) is 6.92 Å². The summed E-state index contributed by atoms with van der Waals surface area (Å²) in [5.41, 5.74) is 0.418. The zero-order valence-electron chi connectivity index (χ0n) is 9.02. The van der Waals surface area contributed by atoms with Gasteiger partial charge in [0.1, 0.15) is 5.69 Å². The Morgan fingerprint density at radius 2 is 2.00 bits per heavy atom. The van der Waals surface area contributed by atoms with Crippen LogP contribution in [-0.2, 0) is 0 Å². The van der Waals surface area contributed by atoms with E-state index in [0.717, 1.165) is 0 Å². The van der Waals surface area contributed by atoms with E-state index in [-0.39, 0.29) is 16.5 Å². The quantitative estimate of drug-likeness (QED) is 0.621. The van der Waals surface area contributed by atoms with Crippen LogP contribution in [0.5, 0.6) is 0 Å². The molecule has 8 heteroatoms. The molecule has 0 bridgehead atoms. The van der Waals surface area contributed by atoms with Gasteiger partial charge in [0.05, 0.1) is 15.6 Å². The molecule has 5 nitrogen and oxygen atoms in total. The lowest BCUT2D eigenvalue weighted by atomic mass is 10.3. The number of aryl methyl sites for hydroxylation is 1. The van der Waals surface area contributed by atoms with E-state index in [9.17, 15) is 10.1 Å². The first-order chi connectivity index (χ1) is 8.41. The van der Waals surface area contributed by atoms with Gasteiger partial charge in [0.25, 0.3) is 0 Å². The molecule has 0 N–H and O–H groups in total. The van der Waals surface area contributed by atoms with Gasteiger partial charge in [-0.1, -0.05) is 34.8 Å². The van der Waals surface area contributed by atoms with Crippen LogP contribution >= 0.6 is 34.8 Å². The Morgan fingerprint density at radius 1 is 1.33 bits per heavy atom. The maximum Gasteiger partial charge on any atom is 0.329 e. The van der Waals surface area contributed by atoms with Gasteiger partial charge >= 0.3 is 5.69 Å². The van der Waals surface area contributed by atoms with E-state index < -0.39 is 4.92 Å². The molecule has 2 rings (SSSR count). The molecular weight excluding hydrogens is 300 g/mol. The SMILES string of the molecule is Cc1nn(-c2ccc(Cl)cc2Cl)c(Cl)c1[N+](=O)[O-]. The molecule has 0 saturated heterocycles. The number of aromatic nitrogens is 2. The molecule has 0 aliphatic rings. The van der Waals surface area contributed by atoms with Crippen LogP contribution in [-0.4, -0.2) is 14.7 Å². The van der Waals surface area contributed by atoms with E-state index >= 15 is 0 Å². The van der Waals surface area contributed by atoms with Crippen LogP contribution in [0.4, 0.5) is 5.69 Å². The summed E-state index contributed by atoms with van der Waals surface area (Å²) in [5, 5.41) is 15.5. The van der Waals surface area contributed by atoms with Crippen LogP contribution in [0, 0.1) is 17.0 Å². The Balaban J connectivity index is 2.65. The van der Waals surface area contributed by atoms with E-state index in [1.807, 2.05) is 0 Å². The standard InChI is InChI=1S/C10H6Cl3N3O2/c1-5-9(16(17)18)10(13)15(14-5)8-3-2-6(11)4-7(8)12/h2-4H,1H3. The molecule has 0 fully saturated rings. The van der Waals surface area contributed by atoms with Crippen molar-refractivity contribution in [2.75, 3.05) is 0 Å². The average Bonchev–Trinajstić information content (AvgIpc) is 2.54. The summed E-state index contributed by atoms with van der Waals surface area (Å²) in [6.45, 7) is 1.50. The van der Waals surface area contributed by atoms with Crippen LogP contribution in [0.1, 0.15) is 5.69 Å². The lowest BCUT2D eigenvalue weighted by Crippen LogP contribution is -1.98. The molecule has 0 atom stereocenters. The first-order valence-electron chi connectivity index (χ1n) is 4.76. The molecule has 0 radical (unpaired) electrons. The van der Waals surface area contributed by atoms with Crippen LogP contribution in [0.3, 0.4) is 0 Å². The molecule has 0 unspecified atom stereocenters. The topological polar surface area (TPSA) is 61.0 Å². The Kier molecular flexibility index (Phi) is 3.47. The predicted molar refractivity (Wildman–Crippen MR) is 70.0 cm³/mol. The maximum absolute atomic E-state index is 10.8. The monoisotopic (exact) mass is 305 g/mol. The van der Waals surface area contributed by atoms with Gasteiger partial charge in [-0.05, 0) is 25.1 Å². The highest BCUT2D eigenvalue weighted by Crippen LogP contribution is 2.33. The van der Waals surface area contributed by atoms with Crippen molar-refractivity contribution in [2.24, 2.45) is 0 Å². The molecule has 18 heavy (non-hydrogen) atoms. The second-order valence-electron chi connectivity index (χ2n) is 3.49. The number of hydrogen-bond acceptors (Lipinski definition) is 3. The third-order valence-corrected chi connectivity index (χ3v) is 3.17. The van der Waals surface area contributed by atoms with Gasteiger partial charge in [0.2, 0.25) is 5.15 Å². The third kappa shape index (κ3) is 2.16. The summed E-state index contributed by atoms with van der Waals surface area (Å²) < 4.78 is 1.22. The van der Waals surface area contributed by atoms with E-state index in [1.165, 1.54) is 17.7 Å². The first kappa shape index (κ1) is 13.1. The molecule has 0 spiro atoms. The number of rotatable bonds is 2. The largest absolute Gasteiger partial charge is 0.329 e. The molecule has 0 aliphatic heterocycles. The number of nitro groups is 1. The van der Waals surface area contributed by atoms with Crippen molar-refractivity contribution < 1.29 is 4.92 Å². The fourth-order valence-electron chi connectivity index (χ4n) is 1.51. The summed E-state index contributed by atoms with van der Waals surface area (Å²) in [6.07, 6.45) is 0. The van der Waals surface area contributed by atoms with Crippen molar-refractivity contribution in [3.8, 4) is 5.69 Å². The van der Waals surface area contributed by atoms with Gasteiger partial charge in [-0.25, -0.2) is 4.68 Å². The molecule has 1 heterocycles. The minimum Gasteiger partial charge on any atom is -0.258 e. The Morgan fingerprint density at radius 3 is 2.50 bits per heavy atom. The van der Waals surface area contributed by atoms with Gasteiger partial charge in [-0.3, -0.25) is 10.1 Å². The second kappa shape index (κ2) is 4.76. The molecule has 0 amide bonds.